The summed E-state index contributed by atoms with van der Waals surface area (Å²) in [6.45, 7) is 4.06. The molecule has 1 aromatic carbocycles. The van der Waals surface area contributed by atoms with Crippen molar-refractivity contribution < 1.29 is 14.1 Å². The number of nitrogens with one attached hydrogen (secondary N) is 1. The van der Waals surface area contributed by atoms with Gasteiger partial charge in [0.15, 0.2) is 0 Å². The summed E-state index contributed by atoms with van der Waals surface area (Å²) in [7, 11) is 0. The average Bonchev–Trinajstić information content (AvgIpc) is 2.46. The van der Waals surface area contributed by atoms with Crippen LogP contribution in [0.25, 0.3) is 0 Å². The summed E-state index contributed by atoms with van der Waals surface area (Å²) >= 11 is 0. The zero-order valence-corrected chi connectivity index (χ0v) is 12.4. The zero-order chi connectivity index (χ0) is 15.1. The Hall–Kier alpha value is -2.36. The number of rotatable bonds is 5. The van der Waals surface area contributed by atoms with Crippen molar-refractivity contribution in [2.45, 2.75) is 33.0 Å². The molecule has 4 nitrogen and oxygen atoms in total. The lowest BCUT2D eigenvalue weighted by molar-refractivity contribution is -0.731. The topological polar surface area (TPSA) is 42.2 Å². The molecule has 0 aliphatic rings. The molecule has 0 saturated carbocycles. The van der Waals surface area contributed by atoms with E-state index >= 15 is 0 Å². The Labute approximate surface area is 125 Å². The van der Waals surface area contributed by atoms with Crippen molar-refractivity contribution in [2.24, 2.45) is 0 Å². The number of amides is 1. The highest BCUT2D eigenvalue weighted by Crippen LogP contribution is 2.02. The maximum Gasteiger partial charge on any atom is 0.412 e. The molecule has 0 saturated heterocycles. The highest BCUT2D eigenvalue weighted by molar-refractivity contribution is 5.67. The second-order valence-electron chi connectivity index (χ2n) is 5.07. The van der Waals surface area contributed by atoms with E-state index in [4.69, 9.17) is 4.74 Å². The number of hydrogen-bond acceptors (Lipinski definition) is 2. The lowest BCUT2D eigenvalue weighted by atomic mass is 10.1. The number of benzene rings is 1. The SMILES string of the molecule is Cc1[c-][n+](COC(=O)N[C@@H](C)Cc2ccccc2)ccc1. The zero-order valence-electron chi connectivity index (χ0n) is 12.4. The molecule has 0 bridgehead atoms. The van der Waals surface area contributed by atoms with Crippen molar-refractivity contribution in [2.75, 3.05) is 0 Å². The van der Waals surface area contributed by atoms with E-state index in [1.54, 1.807) is 4.57 Å². The Kier molecular flexibility index (Phi) is 5.32. The number of nitrogens with zero attached hydrogens (tertiary/aromatic N) is 1. The predicted molar refractivity (Wildman–Crippen MR) is 79.4 cm³/mol. The highest BCUT2D eigenvalue weighted by Gasteiger charge is 2.09. The largest absolute Gasteiger partial charge is 0.412 e. The number of carbonyl (C=O) groups is 1. The van der Waals surface area contributed by atoms with Crippen LogP contribution in [0.2, 0.25) is 0 Å². The Bertz CT molecular complexity index is 584. The van der Waals surface area contributed by atoms with Gasteiger partial charge in [0.2, 0.25) is 0 Å². The summed E-state index contributed by atoms with van der Waals surface area (Å²) in [5.41, 5.74) is 2.19. The normalized spacial score (nSPS) is 11.7. The fourth-order valence-corrected chi connectivity index (χ4v) is 2.06. The molecule has 1 amide bonds. The quantitative estimate of drug-likeness (QED) is 0.676. The van der Waals surface area contributed by atoms with Crippen LogP contribution in [0.3, 0.4) is 0 Å². The van der Waals surface area contributed by atoms with Gasteiger partial charge in [-0.1, -0.05) is 42.8 Å². The number of alkyl carbamates (subject to hydrolysis) is 1. The number of hydrogen-bond donors (Lipinski definition) is 1. The van der Waals surface area contributed by atoms with E-state index < -0.39 is 6.09 Å². The number of carbonyl (C=O) groups excluding carboxylic acids is 1. The molecular formula is C17H20N2O2. The monoisotopic (exact) mass is 284 g/mol. The van der Waals surface area contributed by atoms with Crippen LogP contribution < -0.4 is 9.88 Å². The molecule has 1 N–H and O–H groups in total. The summed E-state index contributed by atoms with van der Waals surface area (Å²) in [5, 5.41) is 2.82. The van der Waals surface area contributed by atoms with Gasteiger partial charge in [-0.3, -0.25) is 4.57 Å². The first-order valence-electron chi connectivity index (χ1n) is 6.99. The number of pyridine rings is 1. The predicted octanol–water partition coefficient (Wildman–Crippen LogP) is 2.40. The highest BCUT2D eigenvalue weighted by atomic mass is 16.6. The van der Waals surface area contributed by atoms with Crippen molar-refractivity contribution in [1.29, 1.82) is 0 Å². The summed E-state index contributed by atoms with van der Waals surface area (Å²) in [6.07, 6.45) is 5.24. The lowest BCUT2D eigenvalue weighted by Crippen LogP contribution is -2.41. The van der Waals surface area contributed by atoms with Gasteiger partial charge in [0.1, 0.15) is 6.20 Å². The third-order valence-corrected chi connectivity index (χ3v) is 3.02. The standard InChI is InChI=1S/C17H20N2O2/c1-14-7-6-10-19(12-14)13-21-17(20)18-15(2)11-16-8-4-3-5-9-16/h3-10,15H,11,13H2,1-2H3,(H,18,20)/t15-/m0/s1. The van der Waals surface area contributed by atoms with Gasteiger partial charge >= 0.3 is 6.09 Å². The summed E-state index contributed by atoms with van der Waals surface area (Å²) < 4.78 is 6.88. The molecule has 2 aromatic rings. The van der Waals surface area contributed by atoms with Gasteiger partial charge < -0.3 is 10.1 Å². The molecule has 2 rings (SSSR count). The van der Waals surface area contributed by atoms with E-state index in [0.29, 0.717) is 0 Å². The van der Waals surface area contributed by atoms with Crippen LogP contribution in [0.4, 0.5) is 4.79 Å². The molecule has 0 aliphatic carbocycles. The minimum absolute atomic E-state index is 0.0198. The second-order valence-corrected chi connectivity index (χ2v) is 5.07. The van der Waals surface area contributed by atoms with E-state index in [-0.39, 0.29) is 12.8 Å². The molecule has 0 spiro atoms. The van der Waals surface area contributed by atoms with Crippen LogP contribution in [-0.2, 0) is 17.9 Å². The summed E-state index contributed by atoms with van der Waals surface area (Å²) in [6, 6.07) is 13.9. The van der Waals surface area contributed by atoms with Crippen molar-refractivity contribution in [3.63, 3.8) is 0 Å². The van der Waals surface area contributed by atoms with Crippen LogP contribution in [0.15, 0.2) is 48.7 Å². The van der Waals surface area contributed by atoms with E-state index in [1.165, 1.54) is 5.56 Å². The van der Waals surface area contributed by atoms with Gasteiger partial charge in [-0.25, -0.2) is 4.79 Å². The third-order valence-electron chi connectivity index (χ3n) is 3.02. The maximum absolute atomic E-state index is 11.7. The first kappa shape index (κ1) is 15.0. The van der Waals surface area contributed by atoms with Crippen LogP contribution in [0.5, 0.6) is 0 Å². The molecule has 4 heteroatoms. The van der Waals surface area contributed by atoms with Gasteiger partial charge in [-0.15, -0.1) is 6.07 Å². The maximum atomic E-state index is 11.7. The molecule has 110 valence electrons. The molecule has 1 atom stereocenters. The Morgan fingerprint density at radius 2 is 2.05 bits per heavy atom. The minimum Gasteiger partial charge on any atom is -0.390 e. The molecule has 0 unspecified atom stereocenters. The van der Waals surface area contributed by atoms with E-state index in [9.17, 15) is 4.79 Å². The van der Waals surface area contributed by atoms with E-state index in [1.807, 2.05) is 62.5 Å². The van der Waals surface area contributed by atoms with Crippen molar-refractivity contribution in [1.82, 2.24) is 5.32 Å². The molecule has 1 aromatic heterocycles. The molecule has 0 radical (unpaired) electrons. The van der Waals surface area contributed by atoms with E-state index in [2.05, 4.69) is 11.5 Å². The van der Waals surface area contributed by atoms with Crippen molar-refractivity contribution >= 4 is 6.09 Å². The number of aromatic nitrogens is 1. The number of ether oxygens (including phenoxy) is 1. The first-order chi connectivity index (χ1) is 10.1. The summed E-state index contributed by atoms with van der Waals surface area (Å²) in [5.74, 6) is 0. The van der Waals surface area contributed by atoms with Crippen LogP contribution in [0, 0.1) is 13.1 Å². The first-order valence-corrected chi connectivity index (χ1v) is 6.99. The van der Waals surface area contributed by atoms with E-state index in [0.717, 1.165) is 12.0 Å². The number of aryl methyl sites for hydroxylation is 1. The van der Waals surface area contributed by atoms with Crippen LogP contribution in [0.1, 0.15) is 18.1 Å². The second kappa shape index (κ2) is 7.43. The summed E-state index contributed by atoms with van der Waals surface area (Å²) in [4.78, 5) is 11.7. The molecular weight excluding hydrogens is 264 g/mol. The van der Waals surface area contributed by atoms with Gasteiger partial charge in [0.25, 0.3) is 6.73 Å². The van der Waals surface area contributed by atoms with Crippen molar-refractivity contribution in [3.8, 4) is 0 Å². The smallest absolute Gasteiger partial charge is 0.390 e. The third kappa shape index (κ3) is 5.26. The van der Waals surface area contributed by atoms with Crippen molar-refractivity contribution in [3.05, 3.63) is 66.0 Å². The van der Waals surface area contributed by atoms with Crippen LogP contribution >= 0.6 is 0 Å². The lowest BCUT2D eigenvalue weighted by Gasteiger charge is -2.13. The Balaban J connectivity index is 1.76. The minimum atomic E-state index is -0.416. The fourth-order valence-electron chi connectivity index (χ4n) is 2.06. The molecule has 0 fully saturated rings. The average molecular weight is 284 g/mol. The van der Waals surface area contributed by atoms with Gasteiger partial charge in [0, 0.05) is 6.04 Å². The Morgan fingerprint density at radius 3 is 2.76 bits per heavy atom. The fraction of sp³-hybridized carbons (Fsp3) is 0.294. The molecule has 0 aliphatic heterocycles. The van der Waals surface area contributed by atoms with Gasteiger partial charge in [0.05, 0.1) is 6.20 Å². The Morgan fingerprint density at radius 1 is 1.29 bits per heavy atom. The molecule has 21 heavy (non-hydrogen) atoms. The van der Waals surface area contributed by atoms with Gasteiger partial charge in [-0.05, 0) is 18.9 Å². The molecule has 1 heterocycles. The van der Waals surface area contributed by atoms with Crippen LogP contribution in [-0.4, -0.2) is 12.1 Å². The van der Waals surface area contributed by atoms with Gasteiger partial charge in [-0.2, -0.15) is 6.07 Å².